The molecule has 1 N–H and O–H groups in total. The van der Waals surface area contributed by atoms with Gasteiger partial charge in [-0.15, -0.1) is 11.3 Å². The molecule has 2 aromatic rings. The largest absolute Gasteiger partial charge is 0.495 e. The predicted octanol–water partition coefficient (Wildman–Crippen LogP) is 3.73. The highest BCUT2D eigenvalue weighted by molar-refractivity contribution is 7.09. The van der Waals surface area contributed by atoms with Crippen molar-refractivity contribution < 1.29 is 4.74 Å². The van der Waals surface area contributed by atoms with Gasteiger partial charge in [0, 0.05) is 16.8 Å². The smallest absolute Gasteiger partial charge is 0.137 e. The molecule has 0 fully saturated rings. The van der Waals surface area contributed by atoms with Gasteiger partial charge >= 0.3 is 0 Å². The highest BCUT2D eigenvalue weighted by atomic mass is 35.5. The lowest BCUT2D eigenvalue weighted by molar-refractivity contribution is 0.415. The van der Waals surface area contributed by atoms with Crippen molar-refractivity contribution in [2.24, 2.45) is 0 Å². The lowest BCUT2D eigenvalue weighted by Crippen LogP contribution is -1.99. The van der Waals surface area contributed by atoms with Gasteiger partial charge in [0.05, 0.1) is 18.7 Å². The molecule has 0 atom stereocenters. The van der Waals surface area contributed by atoms with Crippen LogP contribution in [0.1, 0.15) is 10.7 Å². The zero-order valence-corrected chi connectivity index (χ0v) is 11.2. The molecule has 0 radical (unpaired) electrons. The van der Waals surface area contributed by atoms with Crippen molar-refractivity contribution in [1.29, 1.82) is 0 Å². The van der Waals surface area contributed by atoms with Crippen LogP contribution in [0.4, 0.5) is 5.69 Å². The van der Waals surface area contributed by atoms with Crippen LogP contribution in [-0.4, -0.2) is 12.1 Å². The summed E-state index contributed by atoms with van der Waals surface area (Å²) in [6, 6.07) is 5.63. The zero-order chi connectivity index (χ0) is 12.3. The summed E-state index contributed by atoms with van der Waals surface area (Å²) in [5, 5.41) is 6.98. The summed E-state index contributed by atoms with van der Waals surface area (Å²) in [7, 11) is 1.60. The van der Waals surface area contributed by atoms with Crippen LogP contribution in [0.3, 0.4) is 0 Å². The first-order valence-corrected chi connectivity index (χ1v) is 6.43. The van der Waals surface area contributed by atoms with Gasteiger partial charge in [0.2, 0.25) is 0 Å². The number of hydrogen-bond acceptors (Lipinski definition) is 4. The van der Waals surface area contributed by atoms with Crippen LogP contribution in [0.15, 0.2) is 23.6 Å². The van der Waals surface area contributed by atoms with Gasteiger partial charge in [0.25, 0.3) is 0 Å². The van der Waals surface area contributed by atoms with Crippen LogP contribution < -0.4 is 10.1 Å². The van der Waals surface area contributed by atoms with Crippen LogP contribution in [0.2, 0.25) is 5.02 Å². The summed E-state index contributed by atoms with van der Waals surface area (Å²) in [5.74, 6) is 0.683. The Bertz CT molecular complexity index is 513. The number of nitrogens with zero attached hydrogens (tertiary/aromatic N) is 1. The molecule has 0 amide bonds. The highest BCUT2D eigenvalue weighted by Crippen LogP contribution is 2.27. The van der Waals surface area contributed by atoms with E-state index in [1.807, 2.05) is 30.5 Å². The average molecular weight is 269 g/mol. The lowest BCUT2D eigenvalue weighted by Gasteiger charge is -2.07. The number of halogens is 1. The van der Waals surface area contributed by atoms with E-state index in [2.05, 4.69) is 10.3 Å². The number of anilines is 1. The molecule has 17 heavy (non-hydrogen) atoms. The fourth-order valence-corrected chi connectivity index (χ4v) is 2.41. The maximum Gasteiger partial charge on any atom is 0.137 e. The molecule has 1 heterocycles. The van der Waals surface area contributed by atoms with Gasteiger partial charge in [-0.25, -0.2) is 4.98 Å². The number of methoxy groups -OCH3 is 1. The fourth-order valence-electron chi connectivity index (χ4n) is 1.44. The van der Waals surface area contributed by atoms with Gasteiger partial charge in [-0.3, -0.25) is 0 Å². The summed E-state index contributed by atoms with van der Waals surface area (Å²) >= 11 is 7.69. The molecular formula is C12H13ClN2OS. The third-order valence-electron chi connectivity index (χ3n) is 2.26. The second-order valence-electron chi connectivity index (χ2n) is 3.59. The quantitative estimate of drug-likeness (QED) is 0.918. The molecular weight excluding hydrogens is 256 g/mol. The van der Waals surface area contributed by atoms with Gasteiger partial charge < -0.3 is 10.1 Å². The minimum atomic E-state index is 0.604. The van der Waals surface area contributed by atoms with E-state index in [4.69, 9.17) is 16.3 Å². The first-order valence-electron chi connectivity index (χ1n) is 5.17. The maximum absolute atomic E-state index is 6.04. The van der Waals surface area contributed by atoms with E-state index in [9.17, 15) is 0 Å². The van der Waals surface area contributed by atoms with Crippen LogP contribution >= 0.6 is 22.9 Å². The first-order chi connectivity index (χ1) is 8.19. The van der Waals surface area contributed by atoms with E-state index in [0.717, 1.165) is 16.4 Å². The lowest BCUT2D eigenvalue weighted by atomic mass is 10.3. The monoisotopic (exact) mass is 268 g/mol. The Hall–Kier alpha value is -1.26. The van der Waals surface area contributed by atoms with Crippen LogP contribution in [-0.2, 0) is 6.54 Å². The summed E-state index contributed by atoms with van der Waals surface area (Å²) in [4.78, 5) is 4.38. The molecule has 90 valence electrons. The van der Waals surface area contributed by atoms with E-state index >= 15 is 0 Å². The van der Waals surface area contributed by atoms with Crippen molar-refractivity contribution in [3.63, 3.8) is 0 Å². The molecule has 0 unspecified atom stereocenters. The summed E-state index contributed by atoms with van der Waals surface area (Å²) in [6.45, 7) is 2.70. The molecule has 0 spiro atoms. The number of aromatic nitrogens is 1. The Kier molecular flexibility index (Phi) is 3.86. The standard InChI is InChI=1S/C12H13ClN2OS/c1-8-7-17-12(15-8)6-14-9-3-4-11(16-2)10(13)5-9/h3-5,7,14H,6H2,1-2H3. The van der Waals surface area contributed by atoms with Crippen molar-refractivity contribution >= 4 is 28.6 Å². The molecule has 1 aromatic carbocycles. The number of benzene rings is 1. The molecule has 3 nitrogen and oxygen atoms in total. The summed E-state index contributed by atoms with van der Waals surface area (Å²) in [6.07, 6.45) is 0. The molecule has 0 bridgehead atoms. The van der Waals surface area contributed by atoms with Crippen LogP contribution in [0.25, 0.3) is 0 Å². The highest BCUT2D eigenvalue weighted by Gasteiger charge is 2.02. The number of thiazole rings is 1. The normalized spacial score (nSPS) is 10.3. The molecule has 5 heteroatoms. The van der Waals surface area contributed by atoms with E-state index < -0.39 is 0 Å². The van der Waals surface area contributed by atoms with Crippen LogP contribution in [0.5, 0.6) is 5.75 Å². The molecule has 0 aliphatic heterocycles. The second kappa shape index (κ2) is 5.38. The van der Waals surface area contributed by atoms with E-state index in [0.29, 0.717) is 17.3 Å². The fraction of sp³-hybridized carbons (Fsp3) is 0.250. The molecule has 0 aliphatic rings. The Balaban J connectivity index is 2.02. The van der Waals surface area contributed by atoms with Crippen molar-refractivity contribution in [2.45, 2.75) is 13.5 Å². The Morgan fingerprint density at radius 1 is 1.47 bits per heavy atom. The molecule has 2 rings (SSSR count). The van der Waals surface area contributed by atoms with Crippen LogP contribution in [0, 0.1) is 6.92 Å². The summed E-state index contributed by atoms with van der Waals surface area (Å²) in [5.41, 5.74) is 2.02. The number of hydrogen-bond donors (Lipinski definition) is 1. The van der Waals surface area contributed by atoms with Gasteiger partial charge in [0.1, 0.15) is 10.8 Å². The Morgan fingerprint density at radius 2 is 2.29 bits per heavy atom. The number of ether oxygens (including phenoxy) is 1. The SMILES string of the molecule is COc1ccc(NCc2nc(C)cs2)cc1Cl. The predicted molar refractivity (Wildman–Crippen MR) is 72.2 cm³/mol. The molecule has 0 saturated heterocycles. The third-order valence-corrected chi connectivity index (χ3v) is 3.52. The average Bonchev–Trinajstić information content (AvgIpc) is 2.73. The zero-order valence-electron chi connectivity index (χ0n) is 9.66. The first kappa shape index (κ1) is 12.2. The van der Waals surface area contributed by atoms with Gasteiger partial charge in [-0.05, 0) is 25.1 Å². The summed E-state index contributed by atoms with van der Waals surface area (Å²) < 4.78 is 5.10. The van der Waals surface area contributed by atoms with Gasteiger partial charge in [-0.1, -0.05) is 11.6 Å². The maximum atomic E-state index is 6.04. The number of nitrogens with one attached hydrogen (secondary N) is 1. The van der Waals surface area contributed by atoms with Crippen molar-refractivity contribution in [1.82, 2.24) is 4.98 Å². The van der Waals surface area contributed by atoms with E-state index in [1.54, 1.807) is 18.4 Å². The third kappa shape index (κ3) is 3.11. The van der Waals surface area contributed by atoms with Crippen molar-refractivity contribution in [3.05, 3.63) is 39.3 Å². The number of rotatable bonds is 4. The van der Waals surface area contributed by atoms with Crippen molar-refractivity contribution in [2.75, 3.05) is 12.4 Å². The van der Waals surface area contributed by atoms with E-state index in [-0.39, 0.29) is 0 Å². The number of aryl methyl sites for hydroxylation is 1. The van der Waals surface area contributed by atoms with Gasteiger partial charge in [-0.2, -0.15) is 0 Å². The molecule has 0 saturated carbocycles. The topological polar surface area (TPSA) is 34.1 Å². The Morgan fingerprint density at radius 3 is 2.88 bits per heavy atom. The minimum absolute atomic E-state index is 0.604. The second-order valence-corrected chi connectivity index (χ2v) is 4.94. The Labute approximate surface area is 109 Å². The minimum Gasteiger partial charge on any atom is -0.495 e. The molecule has 1 aromatic heterocycles. The molecule has 0 aliphatic carbocycles. The van der Waals surface area contributed by atoms with Gasteiger partial charge in [0.15, 0.2) is 0 Å². The van der Waals surface area contributed by atoms with E-state index in [1.165, 1.54) is 0 Å². The van der Waals surface area contributed by atoms with Crippen molar-refractivity contribution in [3.8, 4) is 5.75 Å².